The standard InChI is InChI=1S/C14H26N2/c1-13(2)11-4-5-14(13,3)12(10-11)16-8-6-15-7-9-16/h11-12,15H,4-10H2,1-3H3/p+2/t11-,12-,14-/m1/s1. The first kappa shape index (κ1) is 11.0. The van der Waals surface area contributed by atoms with Gasteiger partial charge in [0.25, 0.3) is 0 Å². The fraction of sp³-hybridized carbons (Fsp3) is 1.00. The number of rotatable bonds is 1. The van der Waals surface area contributed by atoms with Gasteiger partial charge in [0.15, 0.2) is 0 Å². The van der Waals surface area contributed by atoms with Crippen molar-refractivity contribution in [1.29, 1.82) is 0 Å². The van der Waals surface area contributed by atoms with E-state index in [-0.39, 0.29) is 0 Å². The third kappa shape index (κ3) is 1.26. The molecule has 2 saturated carbocycles. The van der Waals surface area contributed by atoms with Crippen LogP contribution in [0.3, 0.4) is 0 Å². The van der Waals surface area contributed by atoms with Gasteiger partial charge >= 0.3 is 0 Å². The van der Waals surface area contributed by atoms with E-state index in [0.717, 1.165) is 12.0 Å². The van der Waals surface area contributed by atoms with Crippen molar-refractivity contribution >= 4 is 0 Å². The minimum Gasteiger partial charge on any atom is -0.337 e. The molecule has 3 atom stereocenters. The molecule has 3 rings (SSSR count). The van der Waals surface area contributed by atoms with Crippen molar-refractivity contribution < 1.29 is 10.2 Å². The molecule has 0 radical (unpaired) electrons. The lowest BCUT2D eigenvalue weighted by Gasteiger charge is -2.42. The summed E-state index contributed by atoms with van der Waals surface area (Å²) in [6.07, 6.45) is 4.50. The second kappa shape index (κ2) is 3.46. The third-order valence-electron chi connectivity index (χ3n) is 6.63. The highest BCUT2D eigenvalue weighted by Crippen LogP contribution is 2.64. The van der Waals surface area contributed by atoms with Crippen LogP contribution in [0.1, 0.15) is 40.0 Å². The Balaban J connectivity index is 1.83. The average molecular weight is 224 g/mol. The molecule has 3 aliphatic rings. The summed E-state index contributed by atoms with van der Waals surface area (Å²) in [7, 11) is 0. The van der Waals surface area contributed by atoms with Gasteiger partial charge < -0.3 is 10.2 Å². The van der Waals surface area contributed by atoms with Gasteiger partial charge in [-0.25, -0.2) is 0 Å². The van der Waals surface area contributed by atoms with E-state index in [1.165, 1.54) is 45.4 Å². The maximum absolute atomic E-state index is 2.59. The Labute approximate surface area is 99.8 Å². The lowest BCUT2D eigenvalue weighted by atomic mass is 9.68. The number of hydrogen-bond donors (Lipinski definition) is 2. The van der Waals surface area contributed by atoms with Gasteiger partial charge in [-0.2, -0.15) is 0 Å². The first-order valence-electron chi connectivity index (χ1n) is 7.22. The van der Waals surface area contributed by atoms with Crippen LogP contribution in [0.2, 0.25) is 0 Å². The highest BCUT2D eigenvalue weighted by molar-refractivity contribution is 5.10. The van der Waals surface area contributed by atoms with Crippen LogP contribution < -0.4 is 10.2 Å². The van der Waals surface area contributed by atoms with Crippen molar-refractivity contribution in [3.63, 3.8) is 0 Å². The Bertz CT molecular complexity index is 280. The maximum Gasteiger partial charge on any atom is 0.127 e. The number of piperazine rings is 1. The quantitative estimate of drug-likeness (QED) is 0.608. The summed E-state index contributed by atoms with van der Waals surface area (Å²) >= 11 is 0. The van der Waals surface area contributed by atoms with Crippen LogP contribution in [-0.4, -0.2) is 32.2 Å². The van der Waals surface area contributed by atoms with Crippen molar-refractivity contribution in [3.05, 3.63) is 0 Å². The highest BCUT2D eigenvalue weighted by Gasteiger charge is 2.64. The lowest BCUT2D eigenvalue weighted by molar-refractivity contribution is -0.973. The van der Waals surface area contributed by atoms with Gasteiger partial charge in [-0.15, -0.1) is 0 Å². The molecule has 1 aliphatic heterocycles. The zero-order valence-corrected chi connectivity index (χ0v) is 11.2. The zero-order chi connectivity index (χ0) is 11.4. The fourth-order valence-corrected chi connectivity index (χ4v) is 5.01. The van der Waals surface area contributed by atoms with Gasteiger partial charge in [-0.3, -0.25) is 0 Å². The molecule has 0 amide bonds. The molecule has 0 aromatic heterocycles. The van der Waals surface area contributed by atoms with E-state index in [4.69, 9.17) is 0 Å². The molecule has 1 heterocycles. The Morgan fingerprint density at radius 3 is 2.31 bits per heavy atom. The smallest absolute Gasteiger partial charge is 0.127 e. The molecule has 1 saturated heterocycles. The minimum atomic E-state index is 0.603. The first-order valence-corrected chi connectivity index (χ1v) is 7.22. The molecule has 92 valence electrons. The summed E-state index contributed by atoms with van der Waals surface area (Å²) in [5.41, 5.74) is 1.23. The van der Waals surface area contributed by atoms with Crippen LogP contribution >= 0.6 is 0 Å². The summed E-state index contributed by atoms with van der Waals surface area (Å²) in [6, 6.07) is 0.968. The molecule has 0 spiro atoms. The summed E-state index contributed by atoms with van der Waals surface area (Å²) in [6.45, 7) is 13.2. The molecule has 3 N–H and O–H groups in total. The number of nitrogens with two attached hydrogens (primary N) is 1. The van der Waals surface area contributed by atoms with Crippen molar-refractivity contribution in [3.8, 4) is 0 Å². The lowest BCUT2D eigenvalue weighted by Crippen LogP contribution is -3.24. The second-order valence-corrected chi connectivity index (χ2v) is 7.19. The second-order valence-electron chi connectivity index (χ2n) is 7.19. The summed E-state index contributed by atoms with van der Waals surface area (Å²) in [5, 5.41) is 2.49. The number of quaternary nitrogens is 2. The molecule has 2 bridgehead atoms. The van der Waals surface area contributed by atoms with Crippen LogP contribution in [0, 0.1) is 16.7 Å². The summed E-state index contributed by atoms with van der Waals surface area (Å²) in [4.78, 5) is 1.93. The van der Waals surface area contributed by atoms with E-state index in [1.54, 1.807) is 0 Å². The Morgan fingerprint density at radius 1 is 1.12 bits per heavy atom. The Hall–Kier alpha value is -0.0800. The van der Waals surface area contributed by atoms with Gasteiger partial charge in [0, 0.05) is 11.8 Å². The largest absolute Gasteiger partial charge is 0.337 e. The van der Waals surface area contributed by atoms with Crippen LogP contribution in [0.25, 0.3) is 0 Å². The predicted octanol–water partition coefficient (Wildman–Crippen LogP) is -0.337. The van der Waals surface area contributed by atoms with Crippen LogP contribution in [-0.2, 0) is 0 Å². The van der Waals surface area contributed by atoms with Gasteiger partial charge in [-0.1, -0.05) is 20.8 Å². The number of nitrogens with one attached hydrogen (secondary N) is 1. The van der Waals surface area contributed by atoms with E-state index in [2.05, 4.69) is 26.1 Å². The predicted molar refractivity (Wildman–Crippen MR) is 65.4 cm³/mol. The first-order chi connectivity index (χ1) is 7.56. The fourth-order valence-electron chi connectivity index (χ4n) is 5.01. The van der Waals surface area contributed by atoms with Crippen molar-refractivity contribution in [2.24, 2.45) is 16.7 Å². The Kier molecular flexibility index (Phi) is 2.38. The van der Waals surface area contributed by atoms with E-state index in [0.29, 0.717) is 10.8 Å². The highest BCUT2D eigenvalue weighted by atomic mass is 15.2. The topological polar surface area (TPSA) is 21.1 Å². The molecule has 0 unspecified atom stereocenters. The minimum absolute atomic E-state index is 0.603. The molecule has 3 fully saturated rings. The number of hydrogen-bond acceptors (Lipinski definition) is 0. The average Bonchev–Trinajstić information content (AvgIpc) is 2.62. The molecule has 0 aromatic carbocycles. The molecular weight excluding hydrogens is 196 g/mol. The zero-order valence-electron chi connectivity index (χ0n) is 11.2. The maximum atomic E-state index is 2.59. The normalized spacial score (nSPS) is 47.4. The van der Waals surface area contributed by atoms with Crippen molar-refractivity contribution in [2.75, 3.05) is 26.2 Å². The van der Waals surface area contributed by atoms with Gasteiger partial charge in [-0.05, 0) is 24.2 Å². The van der Waals surface area contributed by atoms with Gasteiger partial charge in [0.05, 0.1) is 6.04 Å². The SMILES string of the molecule is CC1(C)[C@@H]2CC[C@]1(C)[C@H]([NH+]1CC[NH2+]CC1)C2. The van der Waals surface area contributed by atoms with E-state index in [1.807, 2.05) is 4.90 Å². The molecule has 0 aromatic rings. The monoisotopic (exact) mass is 224 g/mol. The van der Waals surface area contributed by atoms with Crippen molar-refractivity contribution in [1.82, 2.24) is 0 Å². The Morgan fingerprint density at radius 2 is 1.81 bits per heavy atom. The summed E-state index contributed by atoms with van der Waals surface area (Å²) in [5.74, 6) is 1.01. The molecule has 2 nitrogen and oxygen atoms in total. The van der Waals surface area contributed by atoms with E-state index >= 15 is 0 Å². The van der Waals surface area contributed by atoms with Gasteiger partial charge in [0.1, 0.15) is 26.2 Å². The van der Waals surface area contributed by atoms with E-state index in [9.17, 15) is 0 Å². The molecule has 2 aliphatic carbocycles. The number of fused-ring (bicyclic) bond motifs is 2. The van der Waals surface area contributed by atoms with Gasteiger partial charge in [0.2, 0.25) is 0 Å². The van der Waals surface area contributed by atoms with Crippen LogP contribution in [0.15, 0.2) is 0 Å². The van der Waals surface area contributed by atoms with Crippen LogP contribution in [0.5, 0.6) is 0 Å². The third-order valence-corrected chi connectivity index (χ3v) is 6.63. The summed E-state index contributed by atoms with van der Waals surface area (Å²) < 4.78 is 0. The van der Waals surface area contributed by atoms with Crippen LogP contribution in [0.4, 0.5) is 0 Å². The molecule has 16 heavy (non-hydrogen) atoms. The molecular formula is C14H28N2+2. The molecule has 2 heteroatoms. The van der Waals surface area contributed by atoms with Crippen molar-refractivity contribution in [2.45, 2.75) is 46.1 Å². The van der Waals surface area contributed by atoms with E-state index < -0.39 is 0 Å².